The summed E-state index contributed by atoms with van der Waals surface area (Å²) in [4.78, 5) is 38.8. The van der Waals surface area contributed by atoms with Gasteiger partial charge in [-0.3, -0.25) is 14.4 Å². The molecule has 0 aliphatic carbocycles. The molecule has 2 N–H and O–H groups in total. The Morgan fingerprint density at radius 3 is 2.52 bits per heavy atom. The number of nitrogens with one attached hydrogen (secondary N) is 2. The van der Waals surface area contributed by atoms with Crippen LogP contribution in [0.2, 0.25) is 0 Å². The van der Waals surface area contributed by atoms with Crippen LogP contribution in [-0.2, 0) is 9.59 Å². The summed E-state index contributed by atoms with van der Waals surface area (Å²) in [6, 6.07) is 12.7. The predicted octanol–water partition coefficient (Wildman–Crippen LogP) is 2.65. The molecule has 1 aliphatic rings. The van der Waals surface area contributed by atoms with Crippen LogP contribution in [-0.4, -0.2) is 31.3 Å². The molecule has 140 valence electrons. The summed E-state index contributed by atoms with van der Waals surface area (Å²) in [6.45, 7) is 4.35. The number of rotatable bonds is 4. The third kappa shape index (κ3) is 3.84. The summed E-state index contributed by atoms with van der Waals surface area (Å²) in [7, 11) is 1.54. The molecule has 2 aromatic rings. The molecule has 1 saturated heterocycles. The summed E-state index contributed by atoms with van der Waals surface area (Å²) in [5.41, 5.74) is 3.91. The third-order valence-electron chi connectivity index (χ3n) is 4.95. The lowest BCUT2D eigenvalue weighted by molar-refractivity contribution is -0.122. The molecule has 27 heavy (non-hydrogen) atoms. The molecule has 6 heteroatoms. The van der Waals surface area contributed by atoms with Crippen LogP contribution < -0.4 is 15.5 Å². The fourth-order valence-corrected chi connectivity index (χ4v) is 3.19. The van der Waals surface area contributed by atoms with Gasteiger partial charge in [-0.2, -0.15) is 0 Å². The van der Waals surface area contributed by atoms with Gasteiger partial charge in [-0.15, -0.1) is 0 Å². The molecule has 2 aromatic carbocycles. The van der Waals surface area contributed by atoms with Crippen LogP contribution in [0.5, 0.6) is 0 Å². The summed E-state index contributed by atoms with van der Waals surface area (Å²) in [5.74, 6) is -1.06. The number of anilines is 2. The molecule has 0 radical (unpaired) electrons. The highest BCUT2D eigenvalue weighted by Crippen LogP contribution is 2.28. The Labute approximate surface area is 158 Å². The quantitative estimate of drug-likeness (QED) is 0.874. The van der Waals surface area contributed by atoms with Gasteiger partial charge < -0.3 is 15.5 Å². The van der Waals surface area contributed by atoms with E-state index in [4.69, 9.17) is 0 Å². The Morgan fingerprint density at radius 1 is 1.07 bits per heavy atom. The normalized spacial score (nSPS) is 16.3. The van der Waals surface area contributed by atoms with Crippen LogP contribution in [0.4, 0.5) is 11.4 Å². The van der Waals surface area contributed by atoms with Crippen molar-refractivity contribution in [1.82, 2.24) is 5.32 Å². The standard InChI is InChI=1S/C21H23N3O3/c1-13-8-9-16(10-14(13)2)24-12-15(11-19(24)25)20(26)23-18-7-5-4-6-17(18)21(27)22-3/h4-10,15H,11-12H2,1-3H3,(H,22,27)(H,23,26)/t15-/m0/s1. The topological polar surface area (TPSA) is 78.5 Å². The van der Waals surface area contributed by atoms with Crippen molar-refractivity contribution in [2.75, 3.05) is 23.8 Å². The highest BCUT2D eigenvalue weighted by Gasteiger charge is 2.35. The molecule has 6 nitrogen and oxygen atoms in total. The van der Waals surface area contributed by atoms with Crippen molar-refractivity contribution >= 4 is 29.1 Å². The van der Waals surface area contributed by atoms with Gasteiger partial charge in [-0.05, 0) is 49.2 Å². The monoisotopic (exact) mass is 365 g/mol. The highest BCUT2D eigenvalue weighted by molar-refractivity contribution is 6.07. The maximum absolute atomic E-state index is 12.7. The van der Waals surface area contributed by atoms with E-state index >= 15 is 0 Å². The van der Waals surface area contributed by atoms with E-state index in [0.29, 0.717) is 17.8 Å². The third-order valence-corrected chi connectivity index (χ3v) is 4.95. The maximum Gasteiger partial charge on any atom is 0.253 e. The van der Waals surface area contributed by atoms with E-state index in [1.54, 1.807) is 29.2 Å². The number of carbonyl (C=O) groups is 3. The lowest BCUT2D eigenvalue weighted by atomic mass is 10.1. The van der Waals surface area contributed by atoms with E-state index in [-0.39, 0.29) is 24.1 Å². The van der Waals surface area contributed by atoms with Crippen molar-refractivity contribution in [3.05, 3.63) is 59.2 Å². The molecule has 3 rings (SSSR count). The lowest BCUT2D eigenvalue weighted by Gasteiger charge is -2.18. The van der Waals surface area contributed by atoms with E-state index in [0.717, 1.165) is 16.8 Å². The zero-order chi connectivity index (χ0) is 19.6. The number of benzene rings is 2. The first-order chi connectivity index (χ1) is 12.9. The number of hydrogen-bond acceptors (Lipinski definition) is 3. The van der Waals surface area contributed by atoms with Gasteiger partial charge in [-0.1, -0.05) is 18.2 Å². The Hall–Kier alpha value is -3.15. The molecule has 1 aliphatic heterocycles. The molecule has 3 amide bonds. The zero-order valence-corrected chi connectivity index (χ0v) is 15.7. The van der Waals surface area contributed by atoms with Gasteiger partial charge in [0.2, 0.25) is 11.8 Å². The Kier molecular flexibility index (Phi) is 5.26. The van der Waals surface area contributed by atoms with Gasteiger partial charge in [0.25, 0.3) is 5.91 Å². The van der Waals surface area contributed by atoms with E-state index in [9.17, 15) is 14.4 Å². The molecule has 1 fully saturated rings. The van der Waals surface area contributed by atoms with E-state index < -0.39 is 5.92 Å². The lowest BCUT2D eigenvalue weighted by Crippen LogP contribution is -2.29. The molecular weight excluding hydrogens is 342 g/mol. The van der Waals surface area contributed by atoms with Crippen LogP contribution in [0.15, 0.2) is 42.5 Å². The second-order valence-electron chi connectivity index (χ2n) is 6.79. The fraction of sp³-hybridized carbons (Fsp3) is 0.286. The van der Waals surface area contributed by atoms with Crippen LogP contribution in [0.3, 0.4) is 0 Å². The fourth-order valence-electron chi connectivity index (χ4n) is 3.19. The molecule has 1 heterocycles. The maximum atomic E-state index is 12.7. The average molecular weight is 365 g/mol. The Bertz CT molecular complexity index is 907. The summed E-state index contributed by atoms with van der Waals surface area (Å²) in [5, 5.41) is 5.36. The smallest absolute Gasteiger partial charge is 0.253 e. The number of nitrogens with zero attached hydrogens (tertiary/aromatic N) is 1. The van der Waals surface area contributed by atoms with E-state index in [1.807, 2.05) is 32.0 Å². The Morgan fingerprint density at radius 2 is 1.81 bits per heavy atom. The van der Waals surface area contributed by atoms with Crippen molar-refractivity contribution in [2.24, 2.45) is 5.92 Å². The molecule has 0 saturated carbocycles. The minimum atomic E-state index is -0.461. The predicted molar refractivity (Wildman–Crippen MR) is 105 cm³/mol. The molecule has 1 atom stereocenters. The average Bonchev–Trinajstić information content (AvgIpc) is 3.05. The zero-order valence-electron chi connectivity index (χ0n) is 15.7. The van der Waals surface area contributed by atoms with Gasteiger partial charge in [0, 0.05) is 25.7 Å². The van der Waals surface area contributed by atoms with Gasteiger partial charge in [0.05, 0.1) is 17.2 Å². The first kappa shape index (κ1) is 18.6. The first-order valence-electron chi connectivity index (χ1n) is 8.90. The van der Waals surface area contributed by atoms with Gasteiger partial charge in [-0.25, -0.2) is 0 Å². The highest BCUT2D eigenvalue weighted by atomic mass is 16.2. The van der Waals surface area contributed by atoms with E-state index in [2.05, 4.69) is 10.6 Å². The number of amides is 3. The first-order valence-corrected chi connectivity index (χ1v) is 8.90. The summed E-state index contributed by atoms with van der Waals surface area (Å²) < 4.78 is 0. The number of aryl methyl sites for hydroxylation is 2. The molecular formula is C21H23N3O3. The second-order valence-corrected chi connectivity index (χ2v) is 6.79. The second kappa shape index (κ2) is 7.61. The van der Waals surface area contributed by atoms with Crippen LogP contribution in [0.1, 0.15) is 27.9 Å². The van der Waals surface area contributed by atoms with Gasteiger partial charge >= 0.3 is 0 Å². The molecule has 0 bridgehead atoms. The number of carbonyl (C=O) groups excluding carboxylic acids is 3. The molecule has 0 spiro atoms. The van der Waals surface area contributed by atoms with Gasteiger partial charge in [0.15, 0.2) is 0 Å². The Balaban J connectivity index is 1.75. The summed E-state index contributed by atoms with van der Waals surface area (Å²) in [6.07, 6.45) is 0.154. The van der Waals surface area contributed by atoms with Crippen LogP contribution >= 0.6 is 0 Å². The van der Waals surface area contributed by atoms with Gasteiger partial charge in [0.1, 0.15) is 0 Å². The van der Waals surface area contributed by atoms with E-state index in [1.165, 1.54) is 7.05 Å². The van der Waals surface area contributed by atoms with Crippen LogP contribution in [0.25, 0.3) is 0 Å². The number of para-hydroxylation sites is 1. The summed E-state index contributed by atoms with van der Waals surface area (Å²) >= 11 is 0. The van der Waals surface area contributed by atoms with Crippen molar-refractivity contribution in [2.45, 2.75) is 20.3 Å². The minimum absolute atomic E-state index is 0.0713. The van der Waals surface area contributed by atoms with Crippen LogP contribution in [0, 0.1) is 19.8 Å². The molecule has 0 unspecified atom stereocenters. The van der Waals surface area contributed by atoms with Crippen molar-refractivity contribution in [1.29, 1.82) is 0 Å². The van der Waals surface area contributed by atoms with Crippen molar-refractivity contribution in [3.8, 4) is 0 Å². The SMILES string of the molecule is CNC(=O)c1ccccc1NC(=O)[C@H]1CC(=O)N(c2ccc(C)c(C)c2)C1. The molecule has 0 aromatic heterocycles. The van der Waals surface area contributed by atoms with Crippen molar-refractivity contribution < 1.29 is 14.4 Å². The number of hydrogen-bond donors (Lipinski definition) is 2. The largest absolute Gasteiger partial charge is 0.355 e. The minimum Gasteiger partial charge on any atom is -0.355 e. The van der Waals surface area contributed by atoms with Crippen molar-refractivity contribution in [3.63, 3.8) is 0 Å².